The zero-order valence-electron chi connectivity index (χ0n) is 16.9. The lowest BCUT2D eigenvalue weighted by molar-refractivity contribution is 0.0933. The topological polar surface area (TPSA) is 57.3 Å². The highest BCUT2D eigenvalue weighted by atomic mass is 19.1. The first-order chi connectivity index (χ1) is 14.6. The molecule has 30 heavy (non-hydrogen) atoms. The molecule has 4 rings (SSSR count). The van der Waals surface area contributed by atoms with Gasteiger partial charge in [0.2, 0.25) is 0 Å². The van der Waals surface area contributed by atoms with Crippen LogP contribution in [0, 0.1) is 5.82 Å². The number of carbonyl (C=O) groups excluding carboxylic acids is 1. The van der Waals surface area contributed by atoms with Crippen molar-refractivity contribution in [3.63, 3.8) is 0 Å². The fourth-order valence-electron chi connectivity index (χ4n) is 3.75. The first-order valence-electron chi connectivity index (χ1n) is 10.2. The first-order valence-corrected chi connectivity index (χ1v) is 10.2. The van der Waals surface area contributed by atoms with Crippen molar-refractivity contribution in [3.05, 3.63) is 89.4 Å². The normalized spacial score (nSPS) is 14.6. The maximum atomic E-state index is 13.5. The molecule has 0 aliphatic carbocycles. The van der Waals surface area contributed by atoms with E-state index in [0.717, 1.165) is 19.5 Å². The second kappa shape index (κ2) is 9.05. The molecule has 1 aliphatic rings. The zero-order chi connectivity index (χ0) is 20.9. The van der Waals surface area contributed by atoms with Crippen molar-refractivity contribution in [2.75, 3.05) is 18.4 Å². The second-order valence-electron chi connectivity index (χ2n) is 7.58. The van der Waals surface area contributed by atoms with Crippen LogP contribution in [0.3, 0.4) is 0 Å². The number of rotatable bonds is 6. The summed E-state index contributed by atoms with van der Waals surface area (Å²) in [6.45, 7) is 4.54. The van der Waals surface area contributed by atoms with Crippen LogP contribution in [0.1, 0.15) is 28.4 Å². The molecule has 0 saturated carbocycles. The summed E-state index contributed by atoms with van der Waals surface area (Å²) in [6.07, 6.45) is 2.63. The minimum absolute atomic E-state index is 0.203. The number of hydrogen-bond acceptors (Lipinski definition) is 4. The van der Waals surface area contributed by atoms with Crippen molar-refractivity contribution in [1.82, 2.24) is 15.2 Å². The van der Waals surface area contributed by atoms with Gasteiger partial charge in [-0.05, 0) is 54.8 Å². The Balaban J connectivity index is 1.39. The first kappa shape index (κ1) is 20.0. The summed E-state index contributed by atoms with van der Waals surface area (Å²) in [5, 5.41) is 6.06. The summed E-state index contributed by atoms with van der Waals surface area (Å²) in [6, 6.07) is 18.2. The summed E-state index contributed by atoms with van der Waals surface area (Å²) in [7, 11) is 0. The molecule has 0 saturated heterocycles. The van der Waals surface area contributed by atoms with E-state index < -0.39 is 0 Å². The number of pyridine rings is 1. The van der Waals surface area contributed by atoms with Gasteiger partial charge in [0.05, 0.1) is 5.56 Å². The standard InChI is InChI=1S/C24H25FN4O/c1-17(29-13-11-18-6-2-3-7-19(18)16-29)15-27-24(30)22-10-5-12-26-23(22)28-21-9-4-8-20(25)14-21/h2-10,12,14,17H,11,13,15-16H2,1H3,(H,26,28)(H,27,30). The van der Waals surface area contributed by atoms with E-state index in [1.807, 2.05) is 0 Å². The van der Waals surface area contributed by atoms with Gasteiger partial charge in [-0.3, -0.25) is 9.69 Å². The number of fused-ring (bicyclic) bond motifs is 1. The van der Waals surface area contributed by atoms with Crippen molar-refractivity contribution in [3.8, 4) is 0 Å². The second-order valence-corrected chi connectivity index (χ2v) is 7.58. The molecule has 0 bridgehead atoms. The van der Waals surface area contributed by atoms with Crippen LogP contribution in [0.2, 0.25) is 0 Å². The van der Waals surface area contributed by atoms with Gasteiger partial charge in [0, 0.05) is 37.6 Å². The van der Waals surface area contributed by atoms with E-state index in [2.05, 4.69) is 51.7 Å². The van der Waals surface area contributed by atoms with Crippen LogP contribution in [0.25, 0.3) is 0 Å². The van der Waals surface area contributed by atoms with Crippen LogP contribution in [-0.2, 0) is 13.0 Å². The summed E-state index contributed by atoms with van der Waals surface area (Å²) in [5.41, 5.74) is 3.74. The van der Waals surface area contributed by atoms with Gasteiger partial charge in [0.1, 0.15) is 11.6 Å². The highest BCUT2D eigenvalue weighted by Gasteiger charge is 2.21. The molecule has 2 aromatic carbocycles. The van der Waals surface area contributed by atoms with Gasteiger partial charge in [-0.25, -0.2) is 9.37 Å². The van der Waals surface area contributed by atoms with Crippen molar-refractivity contribution >= 4 is 17.4 Å². The maximum absolute atomic E-state index is 13.5. The molecule has 6 heteroatoms. The van der Waals surface area contributed by atoms with Gasteiger partial charge in [-0.1, -0.05) is 30.3 Å². The Hall–Kier alpha value is -3.25. The molecule has 2 heterocycles. The summed E-state index contributed by atoms with van der Waals surface area (Å²) < 4.78 is 13.5. The van der Waals surface area contributed by atoms with E-state index in [-0.39, 0.29) is 17.8 Å². The molecule has 1 amide bonds. The van der Waals surface area contributed by atoms with Gasteiger partial charge in [0.25, 0.3) is 5.91 Å². The van der Waals surface area contributed by atoms with Crippen LogP contribution < -0.4 is 10.6 Å². The minimum Gasteiger partial charge on any atom is -0.350 e. The Morgan fingerprint density at radius 1 is 1.13 bits per heavy atom. The number of aromatic nitrogens is 1. The van der Waals surface area contributed by atoms with E-state index in [9.17, 15) is 9.18 Å². The van der Waals surface area contributed by atoms with Crippen LogP contribution in [0.5, 0.6) is 0 Å². The molecule has 1 unspecified atom stereocenters. The van der Waals surface area contributed by atoms with Crippen molar-refractivity contribution in [2.24, 2.45) is 0 Å². The smallest absolute Gasteiger partial charge is 0.255 e. The molecule has 1 atom stereocenters. The third-order valence-corrected chi connectivity index (χ3v) is 5.48. The lowest BCUT2D eigenvalue weighted by atomic mass is 9.99. The summed E-state index contributed by atoms with van der Waals surface area (Å²) in [5.74, 6) is -0.148. The van der Waals surface area contributed by atoms with Crippen molar-refractivity contribution < 1.29 is 9.18 Å². The molecular formula is C24H25FN4O. The van der Waals surface area contributed by atoms with E-state index in [1.54, 1.807) is 30.5 Å². The third-order valence-electron chi connectivity index (χ3n) is 5.48. The monoisotopic (exact) mass is 404 g/mol. The lowest BCUT2D eigenvalue weighted by Crippen LogP contribution is -2.44. The molecule has 0 radical (unpaired) electrons. The van der Waals surface area contributed by atoms with E-state index in [0.29, 0.717) is 23.6 Å². The molecule has 5 nitrogen and oxygen atoms in total. The fourth-order valence-corrected chi connectivity index (χ4v) is 3.75. The van der Waals surface area contributed by atoms with Gasteiger partial charge < -0.3 is 10.6 Å². The predicted molar refractivity (Wildman–Crippen MR) is 116 cm³/mol. The Kier molecular flexibility index (Phi) is 6.05. The minimum atomic E-state index is -0.348. The number of nitrogens with zero attached hydrogens (tertiary/aromatic N) is 2. The molecule has 2 N–H and O–H groups in total. The SMILES string of the molecule is CC(CNC(=O)c1cccnc1Nc1cccc(F)c1)N1CCc2ccccc2C1. The van der Waals surface area contributed by atoms with Crippen LogP contribution in [0.15, 0.2) is 66.9 Å². The predicted octanol–water partition coefficient (Wildman–Crippen LogP) is 4.14. The molecular weight excluding hydrogens is 379 g/mol. The number of nitrogens with one attached hydrogen (secondary N) is 2. The maximum Gasteiger partial charge on any atom is 0.255 e. The summed E-state index contributed by atoms with van der Waals surface area (Å²) >= 11 is 0. The Bertz CT molecular complexity index is 1040. The average molecular weight is 404 g/mol. The number of halogens is 1. The number of hydrogen-bond donors (Lipinski definition) is 2. The van der Waals surface area contributed by atoms with E-state index >= 15 is 0 Å². The molecule has 3 aromatic rings. The van der Waals surface area contributed by atoms with Crippen molar-refractivity contribution in [1.29, 1.82) is 0 Å². The Morgan fingerprint density at radius 3 is 2.80 bits per heavy atom. The molecule has 0 spiro atoms. The fraction of sp³-hybridized carbons (Fsp3) is 0.250. The number of anilines is 2. The zero-order valence-corrected chi connectivity index (χ0v) is 16.9. The van der Waals surface area contributed by atoms with Gasteiger partial charge >= 0.3 is 0 Å². The van der Waals surface area contributed by atoms with E-state index in [1.165, 1.54) is 23.3 Å². The summed E-state index contributed by atoms with van der Waals surface area (Å²) in [4.78, 5) is 19.5. The van der Waals surface area contributed by atoms with Gasteiger partial charge in [-0.2, -0.15) is 0 Å². The highest BCUT2D eigenvalue weighted by Crippen LogP contribution is 2.21. The molecule has 1 aromatic heterocycles. The molecule has 1 aliphatic heterocycles. The van der Waals surface area contributed by atoms with Crippen LogP contribution in [-0.4, -0.2) is 34.9 Å². The third kappa shape index (κ3) is 4.66. The number of benzene rings is 2. The number of amides is 1. The largest absolute Gasteiger partial charge is 0.350 e. The highest BCUT2D eigenvalue weighted by molar-refractivity contribution is 5.99. The quantitative estimate of drug-likeness (QED) is 0.648. The average Bonchev–Trinajstić information content (AvgIpc) is 2.77. The van der Waals surface area contributed by atoms with Gasteiger partial charge in [-0.15, -0.1) is 0 Å². The van der Waals surface area contributed by atoms with Gasteiger partial charge in [0.15, 0.2) is 0 Å². The van der Waals surface area contributed by atoms with Crippen LogP contribution in [0.4, 0.5) is 15.9 Å². The molecule has 154 valence electrons. The lowest BCUT2D eigenvalue weighted by Gasteiger charge is -2.33. The Labute approximate surface area is 176 Å². The Morgan fingerprint density at radius 2 is 1.97 bits per heavy atom. The van der Waals surface area contributed by atoms with Crippen LogP contribution >= 0.6 is 0 Å². The number of carbonyl (C=O) groups is 1. The molecule has 0 fully saturated rings. The van der Waals surface area contributed by atoms with E-state index in [4.69, 9.17) is 0 Å². The van der Waals surface area contributed by atoms with Crippen molar-refractivity contribution in [2.45, 2.75) is 25.9 Å².